The molecule has 0 bridgehead atoms. The Bertz CT molecular complexity index is 586. The Hall–Kier alpha value is -1.95. The van der Waals surface area contributed by atoms with E-state index in [0.29, 0.717) is 11.6 Å². The van der Waals surface area contributed by atoms with Crippen molar-refractivity contribution < 1.29 is 9.72 Å². The van der Waals surface area contributed by atoms with E-state index in [1.807, 2.05) is 4.90 Å². The molecule has 3 rings (SSSR count). The van der Waals surface area contributed by atoms with E-state index in [0.717, 1.165) is 32.1 Å². The summed E-state index contributed by atoms with van der Waals surface area (Å²) in [6.07, 6.45) is 5.17. The lowest BCUT2D eigenvalue weighted by Crippen LogP contribution is -2.52. The molecule has 0 radical (unpaired) electrons. The van der Waals surface area contributed by atoms with Crippen molar-refractivity contribution in [2.75, 3.05) is 26.2 Å². The Kier molecular flexibility index (Phi) is 5.14. The first-order chi connectivity index (χ1) is 11.5. The molecule has 1 heterocycles. The maximum Gasteiger partial charge on any atom is 0.269 e. The number of nitro groups is 1. The van der Waals surface area contributed by atoms with E-state index in [1.54, 1.807) is 12.1 Å². The fourth-order valence-electron chi connectivity index (χ4n) is 3.81. The molecule has 1 aliphatic carbocycles. The number of rotatable bonds is 3. The minimum absolute atomic E-state index is 0.0166. The fraction of sp³-hybridized carbons (Fsp3) is 0.611. The number of nitrogens with zero attached hydrogens (tertiary/aromatic N) is 3. The fourth-order valence-corrected chi connectivity index (χ4v) is 3.81. The summed E-state index contributed by atoms with van der Waals surface area (Å²) in [4.78, 5) is 27.2. The van der Waals surface area contributed by atoms with Crippen LogP contribution >= 0.6 is 0 Å². The summed E-state index contributed by atoms with van der Waals surface area (Å²) < 4.78 is 0. The SMILES string of the molecule is CC1CCC(N2CCN(C(=O)c3ccc([N+](=O)[O-])cc3)CC2)CC1. The molecule has 0 aromatic heterocycles. The third-order valence-electron chi connectivity index (χ3n) is 5.43. The van der Waals surface area contributed by atoms with E-state index in [9.17, 15) is 14.9 Å². The third-order valence-corrected chi connectivity index (χ3v) is 5.43. The van der Waals surface area contributed by atoms with Gasteiger partial charge in [-0.2, -0.15) is 0 Å². The molecule has 0 unspecified atom stereocenters. The molecule has 1 amide bonds. The third kappa shape index (κ3) is 3.75. The second-order valence-electron chi connectivity index (χ2n) is 7.05. The van der Waals surface area contributed by atoms with Gasteiger partial charge in [-0.15, -0.1) is 0 Å². The van der Waals surface area contributed by atoms with Crippen molar-refractivity contribution >= 4 is 11.6 Å². The standard InChI is InChI=1S/C18H25N3O3/c1-14-2-6-16(7-3-14)19-10-12-20(13-11-19)18(22)15-4-8-17(9-5-15)21(23)24/h4-5,8-9,14,16H,2-3,6-7,10-13H2,1H3. The molecule has 6 heteroatoms. The average Bonchev–Trinajstić information content (AvgIpc) is 2.62. The zero-order chi connectivity index (χ0) is 17.1. The summed E-state index contributed by atoms with van der Waals surface area (Å²) in [6, 6.07) is 6.57. The molecular formula is C18H25N3O3. The number of benzene rings is 1. The lowest BCUT2D eigenvalue weighted by Gasteiger charge is -2.41. The summed E-state index contributed by atoms with van der Waals surface area (Å²) >= 11 is 0. The monoisotopic (exact) mass is 331 g/mol. The molecule has 1 aromatic rings. The molecule has 130 valence electrons. The quantitative estimate of drug-likeness (QED) is 0.631. The molecule has 0 atom stereocenters. The molecule has 2 aliphatic rings. The minimum Gasteiger partial charge on any atom is -0.336 e. The number of amides is 1. The predicted octanol–water partition coefficient (Wildman–Crippen LogP) is 2.93. The van der Waals surface area contributed by atoms with Gasteiger partial charge in [0, 0.05) is 49.9 Å². The number of nitro benzene ring substituents is 1. The Balaban J connectivity index is 1.54. The topological polar surface area (TPSA) is 66.7 Å². The molecule has 2 fully saturated rings. The van der Waals surface area contributed by atoms with Gasteiger partial charge in [-0.1, -0.05) is 6.92 Å². The molecule has 0 N–H and O–H groups in total. The van der Waals surface area contributed by atoms with Crippen LogP contribution in [0.4, 0.5) is 5.69 Å². The number of carbonyl (C=O) groups excluding carboxylic acids is 1. The van der Waals surface area contributed by atoms with Crippen LogP contribution in [0.15, 0.2) is 24.3 Å². The van der Waals surface area contributed by atoms with Crippen LogP contribution in [0.3, 0.4) is 0 Å². The first-order valence-electron chi connectivity index (χ1n) is 8.82. The molecule has 0 spiro atoms. The van der Waals surface area contributed by atoms with Crippen LogP contribution in [0, 0.1) is 16.0 Å². The van der Waals surface area contributed by atoms with Gasteiger partial charge in [-0.05, 0) is 43.7 Å². The van der Waals surface area contributed by atoms with Crippen LogP contribution in [0.25, 0.3) is 0 Å². The second-order valence-corrected chi connectivity index (χ2v) is 7.05. The van der Waals surface area contributed by atoms with Crippen LogP contribution in [0.1, 0.15) is 43.0 Å². The first-order valence-corrected chi connectivity index (χ1v) is 8.82. The number of piperazine rings is 1. The van der Waals surface area contributed by atoms with Crippen LogP contribution in [-0.2, 0) is 0 Å². The van der Waals surface area contributed by atoms with Gasteiger partial charge >= 0.3 is 0 Å². The van der Waals surface area contributed by atoms with Gasteiger partial charge in [-0.3, -0.25) is 19.8 Å². The van der Waals surface area contributed by atoms with Crippen molar-refractivity contribution in [2.24, 2.45) is 5.92 Å². The first kappa shape index (κ1) is 16.9. The Morgan fingerprint density at radius 3 is 2.17 bits per heavy atom. The van der Waals surface area contributed by atoms with E-state index in [4.69, 9.17) is 0 Å². The summed E-state index contributed by atoms with van der Waals surface area (Å²) in [7, 11) is 0. The molecule has 24 heavy (non-hydrogen) atoms. The van der Waals surface area contributed by atoms with Gasteiger partial charge < -0.3 is 4.90 Å². The van der Waals surface area contributed by atoms with Crippen molar-refractivity contribution in [3.05, 3.63) is 39.9 Å². The smallest absolute Gasteiger partial charge is 0.269 e. The summed E-state index contributed by atoms with van der Waals surface area (Å²) in [6.45, 7) is 5.66. The maximum atomic E-state index is 12.5. The molecule has 1 aliphatic heterocycles. The number of hydrogen-bond acceptors (Lipinski definition) is 4. The van der Waals surface area contributed by atoms with E-state index >= 15 is 0 Å². The van der Waals surface area contributed by atoms with Gasteiger partial charge in [0.15, 0.2) is 0 Å². The lowest BCUT2D eigenvalue weighted by atomic mass is 9.86. The molecule has 1 aromatic carbocycles. The van der Waals surface area contributed by atoms with Gasteiger partial charge in [0.1, 0.15) is 0 Å². The Morgan fingerprint density at radius 2 is 1.62 bits per heavy atom. The Morgan fingerprint density at radius 1 is 1.04 bits per heavy atom. The van der Waals surface area contributed by atoms with Gasteiger partial charge in [0.2, 0.25) is 0 Å². The molecule has 6 nitrogen and oxygen atoms in total. The second kappa shape index (κ2) is 7.30. The van der Waals surface area contributed by atoms with E-state index in [1.165, 1.54) is 37.8 Å². The highest BCUT2D eigenvalue weighted by Gasteiger charge is 2.28. The maximum absolute atomic E-state index is 12.5. The van der Waals surface area contributed by atoms with Crippen molar-refractivity contribution in [3.63, 3.8) is 0 Å². The van der Waals surface area contributed by atoms with E-state index in [2.05, 4.69) is 11.8 Å². The van der Waals surface area contributed by atoms with Gasteiger partial charge in [0.25, 0.3) is 11.6 Å². The van der Waals surface area contributed by atoms with Crippen LogP contribution in [0.5, 0.6) is 0 Å². The number of carbonyl (C=O) groups is 1. The highest BCUT2D eigenvalue weighted by atomic mass is 16.6. The van der Waals surface area contributed by atoms with Gasteiger partial charge in [0.05, 0.1) is 4.92 Å². The van der Waals surface area contributed by atoms with E-state index in [-0.39, 0.29) is 11.6 Å². The number of hydrogen-bond donors (Lipinski definition) is 0. The highest BCUT2D eigenvalue weighted by molar-refractivity contribution is 5.94. The zero-order valence-corrected chi connectivity index (χ0v) is 14.2. The summed E-state index contributed by atoms with van der Waals surface area (Å²) in [5.74, 6) is 0.827. The Labute approximate surface area is 142 Å². The average molecular weight is 331 g/mol. The van der Waals surface area contributed by atoms with Crippen molar-refractivity contribution in [1.29, 1.82) is 0 Å². The molecule has 1 saturated carbocycles. The largest absolute Gasteiger partial charge is 0.336 e. The van der Waals surface area contributed by atoms with Crippen LogP contribution in [-0.4, -0.2) is 52.9 Å². The lowest BCUT2D eigenvalue weighted by molar-refractivity contribution is -0.384. The van der Waals surface area contributed by atoms with E-state index < -0.39 is 4.92 Å². The van der Waals surface area contributed by atoms with Crippen molar-refractivity contribution in [3.8, 4) is 0 Å². The predicted molar refractivity (Wildman–Crippen MR) is 92.0 cm³/mol. The molecular weight excluding hydrogens is 306 g/mol. The summed E-state index contributed by atoms with van der Waals surface area (Å²) in [5, 5.41) is 10.7. The zero-order valence-electron chi connectivity index (χ0n) is 14.2. The highest BCUT2D eigenvalue weighted by Crippen LogP contribution is 2.27. The van der Waals surface area contributed by atoms with Crippen LogP contribution < -0.4 is 0 Å². The van der Waals surface area contributed by atoms with Crippen LogP contribution in [0.2, 0.25) is 0 Å². The minimum atomic E-state index is -0.446. The molecule has 1 saturated heterocycles. The number of non-ortho nitro benzene ring substituents is 1. The van der Waals surface area contributed by atoms with Crippen molar-refractivity contribution in [2.45, 2.75) is 38.6 Å². The van der Waals surface area contributed by atoms with Gasteiger partial charge in [-0.25, -0.2) is 0 Å². The van der Waals surface area contributed by atoms with Crippen molar-refractivity contribution in [1.82, 2.24) is 9.80 Å². The normalized spacial score (nSPS) is 25.5. The summed E-state index contributed by atoms with van der Waals surface area (Å²) in [5.41, 5.74) is 0.545.